The van der Waals surface area contributed by atoms with Gasteiger partial charge in [-0.15, -0.1) is 0 Å². The van der Waals surface area contributed by atoms with Crippen molar-refractivity contribution in [2.45, 2.75) is 31.4 Å². The molecule has 0 saturated carbocycles. The van der Waals surface area contributed by atoms with Crippen LogP contribution < -0.4 is 0 Å². The van der Waals surface area contributed by atoms with Gasteiger partial charge in [-0.2, -0.15) is 26.3 Å². The molecule has 1 unspecified atom stereocenters. The maximum Gasteiger partial charge on any atom is 0.422 e. The Hall–Kier alpha value is -0.750. The number of allylic oxidation sites excluding steroid dienone is 1. The molecule has 0 spiro atoms. The lowest BCUT2D eigenvalue weighted by Gasteiger charge is -2.25. The fourth-order valence-electron chi connectivity index (χ4n) is 0.601. The summed E-state index contributed by atoms with van der Waals surface area (Å²) in [7, 11) is 0. The molecule has 0 aromatic heterocycles. The Morgan fingerprint density at radius 1 is 1.00 bits per heavy atom. The smallest absolute Gasteiger partial charge is 0.234 e. The highest BCUT2D eigenvalue weighted by Gasteiger charge is 2.54. The van der Waals surface area contributed by atoms with Crippen LogP contribution in [-0.2, 0) is 0 Å². The second-order valence-electron chi connectivity index (χ2n) is 2.97. The van der Waals surface area contributed by atoms with Gasteiger partial charge < -0.3 is 0 Å². The number of hydrogen-bond donors (Lipinski definition) is 0. The van der Waals surface area contributed by atoms with Crippen molar-refractivity contribution in [3.05, 3.63) is 12.2 Å². The molecule has 0 aliphatic rings. The summed E-state index contributed by atoms with van der Waals surface area (Å²) in [4.78, 5) is 0. The molecule has 0 aliphatic heterocycles. The van der Waals surface area contributed by atoms with Gasteiger partial charge in [0.25, 0.3) is 0 Å². The summed E-state index contributed by atoms with van der Waals surface area (Å²) >= 11 is 0. The van der Waals surface area contributed by atoms with Gasteiger partial charge in [0.2, 0.25) is 5.67 Å². The first-order chi connectivity index (χ1) is 5.88. The molecule has 7 heteroatoms. The predicted molar refractivity (Wildman–Crippen MR) is 35.4 cm³/mol. The summed E-state index contributed by atoms with van der Waals surface area (Å²) in [6.07, 6.45) is -12.1. The van der Waals surface area contributed by atoms with Crippen LogP contribution in [0.4, 0.5) is 30.7 Å². The van der Waals surface area contributed by atoms with Crippen molar-refractivity contribution in [3.63, 3.8) is 0 Å². The minimum atomic E-state index is -5.33. The van der Waals surface area contributed by atoms with Gasteiger partial charge in [0.1, 0.15) is 0 Å². The highest BCUT2D eigenvalue weighted by atomic mass is 19.4. The minimum Gasteiger partial charge on any atom is -0.234 e. The third kappa shape index (κ3) is 3.19. The van der Waals surface area contributed by atoms with E-state index in [-0.39, 0.29) is 6.92 Å². The molecule has 0 aliphatic carbocycles. The molecule has 0 N–H and O–H groups in total. The molecule has 0 heterocycles. The van der Waals surface area contributed by atoms with Gasteiger partial charge in [-0.3, -0.25) is 0 Å². The van der Waals surface area contributed by atoms with Crippen LogP contribution in [0, 0.1) is 0 Å². The Balaban J connectivity index is 4.62. The quantitative estimate of drug-likeness (QED) is 0.494. The summed E-state index contributed by atoms with van der Waals surface area (Å²) in [6, 6.07) is 0. The molecule has 14 heavy (non-hydrogen) atoms. The maximum atomic E-state index is 12.7. The molecule has 1 atom stereocenters. The second kappa shape index (κ2) is 3.43. The van der Waals surface area contributed by atoms with Crippen LogP contribution in [0.1, 0.15) is 13.3 Å². The highest BCUT2D eigenvalue weighted by molar-refractivity contribution is 5.08. The molecule has 0 radical (unpaired) electrons. The van der Waals surface area contributed by atoms with Gasteiger partial charge >= 0.3 is 12.4 Å². The normalized spacial score (nSPS) is 17.7. The summed E-state index contributed by atoms with van der Waals surface area (Å²) in [5, 5.41) is 0. The fraction of sp³-hybridized carbons (Fsp3) is 0.714. The Labute approximate surface area is 75.4 Å². The monoisotopic (exact) mass is 224 g/mol. The van der Waals surface area contributed by atoms with Crippen LogP contribution in [0.15, 0.2) is 12.2 Å². The number of halogens is 7. The van der Waals surface area contributed by atoms with E-state index in [1.54, 1.807) is 0 Å². The summed E-state index contributed by atoms with van der Waals surface area (Å²) in [5.74, 6) is 0. The molecule has 0 saturated heterocycles. The predicted octanol–water partition coefficient (Wildman–Crippen LogP) is 3.79. The van der Waals surface area contributed by atoms with Crippen molar-refractivity contribution in [2.24, 2.45) is 0 Å². The van der Waals surface area contributed by atoms with E-state index in [2.05, 4.69) is 6.58 Å². The Morgan fingerprint density at radius 2 is 1.36 bits per heavy atom. The van der Waals surface area contributed by atoms with E-state index >= 15 is 0 Å². The van der Waals surface area contributed by atoms with Crippen molar-refractivity contribution >= 4 is 0 Å². The van der Waals surface area contributed by atoms with Gasteiger partial charge in [-0.25, -0.2) is 4.39 Å². The number of rotatable bonds is 2. The zero-order valence-corrected chi connectivity index (χ0v) is 7.06. The van der Waals surface area contributed by atoms with E-state index < -0.39 is 30.0 Å². The molecular weight excluding hydrogens is 217 g/mol. The first-order valence-electron chi connectivity index (χ1n) is 3.38. The first kappa shape index (κ1) is 13.2. The molecule has 84 valence electrons. The first-order valence-corrected chi connectivity index (χ1v) is 3.38. The van der Waals surface area contributed by atoms with Gasteiger partial charge in [-0.1, -0.05) is 6.58 Å². The lowest BCUT2D eigenvalue weighted by molar-refractivity contribution is -0.226. The third-order valence-corrected chi connectivity index (χ3v) is 1.54. The van der Waals surface area contributed by atoms with Crippen molar-refractivity contribution in [2.75, 3.05) is 0 Å². The van der Waals surface area contributed by atoms with E-state index in [0.29, 0.717) is 0 Å². The molecule has 0 aromatic rings. The van der Waals surface area contributed by atoms with Crippen LogP contribution in [0.3, 0.4) is 0 Å². The Bertz CT molecular complexity index is 219. The molecule has 0 fully saturated rings. The van der Waals surface area contributed by atoms with Gasteiger partial charge in [0.15, 0.2) is 0 Å². The number of hydrogen-bond acceptors (Lipinski definition) is 0. The molecule has 0 amide bonds. The maximum absolute atomic E-state index is 12.7. The Kier molecular flexibility index (Phi) is 3.25. The summed E-state index contributed by atoms with van der Waals surface area (Å²) in [6.45, 7) is 2.41. The lowest BCUT2D eigenvalue weighted by atomic mass is 9.98. The van der Waals surface area contributed by atoms with Crippen LogP contribution in [0.25, 0.3) is 0 Å². The van der Waals surface area contributed by atoms with Gasteiger partial charge in [-0.05, 0) is 6.92 Å². The lowest BCUT2D eigenvalue weighted by Crippen LogP contribution is -2.39. The van der Waals surface area contributed by atoms with Gasteiger partial charge in [0, 0.05) is 12.0 Å². The minimum absolute atomic E-state index is 0.0456. The molecule has 0 bridgehead atoms. The zero-order chi connectivity index (χ0) is 11.8. The standard InChI is InChI=1S/C7H7F7/c1-4(6(9,10)11)3-5(2,8)7(12,13)14/h1,3H2,2H3. The Morgan fingerprint density at radius 3 is 1.57 bits per heavy atom. The largest absolute Gasteiger partial charge is 0.422 e. The van der Waals surface area contributed by atoms with E-state index in [1.807, 2.05) is 0 Å². The molecular formula is C7H7F7. The van der Waals surface area contributed by atoms with E-state index in [1.165, 1.54) is 0 Å². The van der Waals surface area contributed by atoms with E-state index in [0.717, 1.165) is 0 Å². The molecule has 0 nitrogen and oxygen atoms in total. The number of alkyl halides is 7. The molecule has 0 aromatic carbocycles. The van der Waals surface area contributed by atoms with Crippen molar-refractivity contribution in [3.8, 4) is 0 Å². The van der Waals surface area contributed by atoms with Crippen molar-refractivity contribution in [1.82, 2.24) is 0 Å². The second-order valence-corrected chi connectivity index (χ2v) is 2.97. The van der Waals surface area contributed by atoms with Crippen LogP contribution in [-0.4, -0.2) is 18.0 Å². The van der Waals surface area contributed by atoms with Crippen LogP contribution in [0.2, 0.25) is 0 Å². The topological polar surface area (TPSA) is 0 Å². The average molecular weight is 224 g/mol. The molecule has 0 rings (SSSR count). The van der Waals surface area contributed by atoms with Crippen LogP contribution >= 0.6 is 0 Å². The van der Waals surface area contributed by atoms with E-state index in [9.17, 15) is 30.7 Å². The zero-order valence-electron chi connectivity index (χ0n) is 7.06. The highest BCUT2D eigenvalue weighted by Crippen LogP contribution is 2.41. The van der Waals surface area contributed by atoms with Crippen LogP contribution in [0.5, 0.6) is 0 Å². The van der Waals surface area contributed by atoms with Crippen molar-refractivity contribution < 1.29 is 30.7 Å². The third-order valence-electron chi connectivity index (χ3n) is 1.54. The fourth-order valence-corrected chi connectivity index (χ4v) is 0.601. The van der Waals surface area contributed by atoms with Gasteiger partial charge in [0.05, 0.1) is 0 Å². The SMILES string of the molecule is C=C(CC(C)(F)C(F)(F)F)C(F)(F)F. The average Bonchev–Trinajstić information content (AvgIpc) is 1.80. The van der Waals surface area contributed by atoms with E-state index in [4.69, 9.17) is 0 Å². The van der Waals surface area contributed by atoms with Crippen molar-refractivity contribution in [1.29, 1.82) is 0 Å². The summed E-state index contributed by atoms with van der Waals surface area (Å²) < 4.78 is 83.3. The summed E-state index contributed by atoms with van der Waals surface area (Å²) in [5.41, 5.74) is -5.64.